The van der Waals surface area contributed by atoms with E-state index in [0.717, 1.165) is 0 Å². The van der Waals surface area contributed by atoms with Crippen LogP contribution in [0.2, 0.25) is 0 Å². The molecule has 0 saturated heterocycles. The van der Waals surface area contributed by atoms with Crippen molar-refractivity contribution in [2.45, 2.75) is 32.9 Å². The van der Waals surface area contributed by atoms with E-state index in [1.165, 1.54) is 26.3 Å². The summed E-state index contributed by atoms with van der Waals surface area (Å²) in [5.41, 5.74) is 0. The first-order valence-electron chi connectivity index (χ1n) is 7.33. The summed E-state index contributed by atoms with van der Waals surface area (Å²) in [6.45, 7) is 4.75. The molecule has 1 heterocycles. The maximum Gasteiger partial charge on any atom is 0.329 e. The van der Waals surface area contributed by atoms with Crippen molar-refractivity contribution in [2.24, 2.45) is 5.92 Å². The zero-order chi connectivity index (χ0) is 18.3. The Balaban J connectivity index is 2.68. The molecule has 24 heavy (non-hydrogen) atoms. The van der Waals surface area contributed by atoms with Crippen LogP contribution >= 0.6 is 0 Å². The van der Waals surface area contributed by atoms with Gasteiger partial charge < -0.3 is 19.8 Å². The first-order valence-corrected chi connectivity index (χ1v) is 7.33. The van der Waals surface area contributed by atoms with Crippen LogP contribution < -0.4 is 16.0 Å². The number of carbonyl (C=O) groups excluding carboxylic acids is 4. The van der Waals surface area contributed by atoms with Gasteiger partial charge in [-0.2, -0.15) is 0 Å². The first kappa shape index (κ1) is 19.2. The maximum atomic E-state index is 12.2. The van der Waals surface area contributed by atoms with Gasteiger partial charge in [-0.05, 0) is 25.0 Å². The lowest BCUT2D eigenvalue weighted by Crippen LogP contribution is -2.49. The van der Waals surface area contributed by atoms with E-state index >= 15 is 0 Å². The summed E-state index contributed by atoms with van der Waals surface area (Å²) in [6, 6.07) is 1.31. The van der Waals surface area contributed by atoms with Gasteiger partial charge in [0.05, 0.1) is 6.26 Å². The van der Waals surface area contributed by atoms with E-state index in [0.29, 0.717) is 0 Å². The molecule has 9 heteroatoms. The second-order valence-electron chi connectivity index (χ2n) is 5.32. The van der Waals surface area contributed by atoms with Crippen molar-refractivity contribution in [3.8, 4) is 0 Å². The van der Waals surface area contributed by atoms with E-state index in [2.05, 4.69) is 10.6 Å². The number of carbonyl (C=O) groups is 4. The highest BCUT2D eigenvalue weighted by Gasteiger charge is 2.30. The predicted octanol–water partition coefficient (Wildman–Crippen LogP) is 0.421. The number of hydrogen-bond donors (Lipinski definition) is 3. The fraction of sp³-hybridized carbons (Fsp3) is 0.467. The molecular weight excluding hydrogens is 318 g/mol. The van der Waals surface area contributed by atoms with E-state index < -0.39 is 36.0 Å². The standard InChI is InChI=1S/C15H21N3O6/c1-8(2)11(17-13(20)10-6-5-7-23-10)14(21)24-9(3)12(19)18-15(22)16-4/h5-9,11H,1-4H3,(H,17,20)(H2,16,18,19,22)/t9-,11-/m0/s1. The zero-order valence-corrected chi connectivity index (χ0v) is 13.9. The van der Waals surface area contributed by atoms with Crippen molar-refractivity contribution in [3.63, 3.8) is 0 Å². The number of urea groups is 1. The quantitative estimate of drug-likeness (QED) is 0.645. The highest BCUT2D eigenvalue weighted by Crippen LogP contribution is 2.08. The summed E-state index contributed by atoms with van der Waals surface area (Å²) in [5, 5.41) is 6.70. The van der Waals surface area contributed by atoms with Gasteiger partial charge in [0.1, 0.15) is 6.04 Å². The number of furan rings is 1. The van der Waals surface area contributed by atoms with Gasteiger partial charge >= 0.3 is 12.0 Å². The Hall–Kier alpha value is -2.84. The van der Waals surface area contributed by atoms with Crippen LogP contribution in [0.1, 0.15) is 31.3 Å². The molecule has 0 saturated carbocycles. The molecule has 9 nitrogen and oxygen atoms in total. The van der Waals surface area contributed by atoms with Crippen LogP contribution in [0.25, 0.3) is 0 Å². The van der Waals surface area contributed by atoms with Gasteiger partial charge in [-0.25, -0.2) is 9.59 Å². The third-order valence-electron chi connectivity index (χ3n) is 3.08. The maximum absolute atomic E-state index is 12.2. The van der Waals surface area contributed by atoms with E-state index in [1.807, 2.05) is 5.32 Å². The number of imide groups is 1. The first-order chi connectivity index (χ1) is 11.3. The van der Waals surface area contributed by atoms with Crippen LogP contribution in [0.5, 0.6) is 0 Å². The number of rotatable bonds is 6. The summed E-state index contributed by atoms with van der Waals surface area (Å²) in [6.07, 6.45) is 0.138. The lowest BCUT2D eigenvalue weighted by atomic mass is 10.0. The van der Waals surface area contributed by atoms with Crippen LogP contribution in [0.3, 0.4) is 0 Å². The van der Waals surface area contributed by atoms with Crippen molar-refractivity contribution < 1.29 is 28.3 Å². The number of amides is 4. The van der Waals surface area contributed by atoms with Crippen molar-refractivity contribution in [2.75, 3.05) is 7.05 Å². The molecule has 3 N–H and O–H groups in total. The van der Waals surface area contributed by atoms with Gasteiger partial charge in [0.2, 0.25) is 0 Å². The molecule has 1 aromatic rings. The molecule has 2 atom stereocenters. The summed E-state index contributed by atoms with van der Waals surface area (Å²) >= 11 is 0. The van der Waals surface area contributed by atoms with Crippen molar-refractivity contribution in [1.82, 2.24) is 16.0 Å². The number of nitrogens with one attached hydrogen (secondary N) is 3. The summed E-state index contributed by atoms with van der Waals surface area (Å²) in [7, 11) is 1.35. The highest BCUT2D eigenvalue weighted by molar-refractivity contribution is 5.98. The molecule has 1 aromatic heterocycles. The molecule has 0 radical (unpaired) electrons. The predicted molar refractivity (Wildman–Crippen MR) is 83.0 cm³/mol. The average Bonchev–Trinajstić information content (AvgIpc) is 3.05. The Morgan fingerprint density at radius 1 is 1.17 bits per heavy atom. The molecule has 132 valence electrons. The minimum atomic E-state index is -1.20. The fourth-order valence-corrected chi connectivity index (χ4v) is 1.69. The van der Waals surface area contributed by atoms with E-state index in [-0.39, 0.29) is 11.7 Å². The summed E-state index contributed by atoms with van der Waals surface area (Å²) in [4.78, 5) is 47.0. The van der Waals surface area contributed by atoms with Crippen LogP contribution in [0.15, 0.2) is 22.8 Å². The van der Waals surface area contributed by atoms with Crippen LogP contribution in [0, 0.1) is 5.92 Å². The van der Waals surface area contributed by atoms with E-state index in [9.17, 15) is 19.2 Å². The van der Waals surface area contributed by atoms with Gasteiger partial charge in [-0.15, -0.1) is 0 Å². The topological polar surface area (TPSA) is 127 Å². The van der Waals surface area contributed by atoms with Gasteiger partial charge in [0.15, 0.2) is 11.9 Å². The normalized spacial score (nSPS) is 12.9. The van der Waals surface area contributed by atoms with Crippen molar-refractivity contribution in [1.29, 1.82) is 0 Å². The lowest BCUT2D eigenvalue weighted by molar-refractivity contribution is -0.157. The van der Waals surface area contributed by atoms with E-state index in [4.69, 9.17) is 9.15 Å². The fourth-order valence-electron chi connectivity index (χ4n) is 1.69. The zero-order valence-electron chi connectivity index (χ0n) is 13.9. The number of esters is 1. The van der Waals surface area contributed by atoms with Gasteiger partial charge in [0, 0.05) is 7.05 Å². The number of ether oxygens (including phenoxy) is 1. The monoisotopic (exact) mass is 339 g/mol. The Kier molecular flexibility index (Phi) is 6.97. The van der Waals surface area contributed by atoms with Crippen LogP contribution in [-0.2, 0) is 14.3 Å². The molecule has 0 spiro atoms. The SMILES string of the molecule is CNC(=O)NC(=O)[C@H](C)OC(=O)[C@@H](NC(=O)c1ccco1)C(C)C. The van der Waals surface area contributed by atoms with Gasteiger partial charge in [0.25, 0.3) is 11.8 Å². The Bertz CT molecular complexity index is 596. The summed E-state index contributed by atoms with van der Waals surface area (Å²) in [5.74, 6) is -2.37. The highest BCUT2D eigenvalue weighted by atomic mass is 16.5. The minimum absolute atomic E-state index is 0.0545. The van der Waals surface area contributed by atoms with Gasteiger partial charge in [-0.3, -0.25) is 14.9 Å². The lowest BCUT2D eigenvalue weighted by Gasteiger charge is -2.22. The van der Waals surface area contributed by atoms with E-state index in [1.54, 1.807) is 19.9 Å². The molecule has 0 aliphatic carbocycles. The molecule has 0 unspecified atom stereocenters. The third-order valence-corrected chi connectivity index (χ3v) is 3.08. The molecule has 0 bridgehead atoms. The smallest absolute Gasteiger partial charge is 0.329 e. The minimum Gasteiger partial charge on any atom is -0.459 e. The second kappa shape index (κ2) is 8.70. The molecule has 0 fully saturated rings. The third kappa shape index (κ3) is 5.41. The Labute approximate surface area is 139 Å². The van der Waals surface area contributed by atoms with Crippen LogP contribution in [-0.4, -0.2) is 43.0 Å². The second-order valence-corrected chi connectivity index (χ2v) is 5.32. The Morgan fingerprint density at radius 2 is 1.83 bits per heavy atom. The molecule has 4 amide bonds. The molecule has 1 rings (SSSR count). The van der Waals surface area contributed by atoms with Crippen molar-refractivity contribution >= 4 is 23.8 Å². The molecule has 0 aromatic carbocycles. The Morgan fingerprint density at radius 3 is 2.33 bits per heavy atom. The number of hydrogen-bond acceptors (Lipinski definition) is 6. The van der Waals surface area contributed by atoms with Crippen molar-refractivity contribution in [3.05, 3.63) is 24.2 Å². The molecule has 0 aliphatic heterocycles. The average molecular weight is 339 g/mol. The molecular formula is C15H21N3O6. The van der Waals surface area contributed by atoms with Gasteiger partial charge in [-0.1, -0.05) is 13.8 Å². The largest absolute Gasteiger partial charge is 0.459 e. The molecule has 0 aliphatic rings. The summed E-state index contributed by atoms with van der Waals surface area (Å²) < 4.78 is 9.98. The van der Waals surface area contributed by atoms with Crippen LogP contribution in [0.4, 0.5) is 4.79 Å².